The molecule has 1 fully saturated rings. The van der Waals surface area contributed by atoms with Gasteiger partial charge >= 0.3 is 0 Å². The number of anilines is 1. The molecule has 2 atom stereocenters. The highest BCUT2D eigenvalue weighted by molar-refractivity contribution is 9.10. The van der Waals surface area contributed by atoms with Gasteiger partial charge in [-0.3, -0.25) is 4.98 Å². The lowest BCUT2D eigenvalue weighted by molar-refractivity contribution is 0.242. The predicted octanol–water partition coefficient (Wildman–Crippen LogP) is 7.38. The summed E-state index contributed by atoms with van der Waals surface area (Å²) in [7, 11) is 0. The zero-order valence-electron chi connectivity index (χ0n) is 19.7. The van der Waals surface area contributed by atoms with Crippen molar-refractivity contribution >= 4 is 38.9 Å². The van der Waals surface area contributed by atoms with E-state index in [2.05, 4.69) is 56.3 Å². The van der Waals surface area contributed by atoms with Crippen molar-refractivity contribution in [2.75, 3.05) is 4.90 Å². The molecule has 5 rings (SSSR count). The van der Waals surface area contributed by atoms with Crippen LogP contribution in [0.2, 0.25) is 0 Å². The van der Waals surface area contributed by atoms with Gasteiger partial charge in [0.15, 0.2) is 5.11 Å². The maximum Gasteiger partial charge on any atom is 0.174 e. The smallest absolute Gasteiger partial charge is 0.174 e. The minimum absolute atomic E-state index is 0.110. The van der Waals surface area contributed by atoms with Gasteiger partial charge in [-0.25, -0.2) is 0 Å². The molecule has 1 aliphatic rings. The van der Waals surface area contributed by atoms with Crippen LogP contribution in [0.15, 0.2) is 87.9 Å². The second-order valence-electron chi connectivity index (χ2n) is 8.84. The van der Waals surface area contributed by atoms with E-state index in [1.54, 1.807) is 6.20 Å². The zero-order chi connectivity index (χ0) is 24.5. The second kappa shape index (κ2) is 9.84. The lowest BCUT2D eigenvalue weighted by atomic mass is 10.0. The maximum absolute atomic E-state index is 6.48. The van der Waals surface area contributed by atoms with Crippen molar-refractivity contribution < 1.29 is 9.15 Å². The van der Waals surface area contributed by atoms with Crippen LogP contribution >= 0.6 is 28.1 Å². The summed E-state index contributed by atoms with van der Waals surface area (Å²) in [6.07, 6.45) is 1.91. The number of hydrogen-bond acceptors (Lipinski definition) is 4. The minimum Gasteiger partial charge on any atom is -0.491 e. The molecule has 2 aromatic heterocycles. The second-order valence-corrected chi connectivity index (χ2v) is 10.1. The summed E-state index contributed by atoms with van der Waals surface area (Å²) in [5, 5.41) is 4.10. The van der Waals surface area contributed by atoms with E-state index >= 15 is 0 Å². The van der Waals surface area contributed by atoms with E-state index in [0.29, 0.717) is 5.11 Å². The number of furan rings is 1. The Morgan fingerprint density at radius 3 is 2.54 bits per heavy atom. The zero-order valence-corrected chi connectivity index (χ0v) is 22.1. The van der Waals surface area contributed by atoms with Gasteiger partial charge in [0.25, 0.3) is 0 Å². The first-order valence-corrected chi connectivity index (χ1v) is 12.7. The molecule has 4 aromatic rings. The third kappa shape index (κ3) is 4.83. The molecule has 0 bridgehead atoms. The van der Waals surface area contributed by atoms with E-state index in [0.717, 1.165) is 38.7 Å². The van der Waals surface area contributed by atoms with E-state index in [1.165, 1.54) is 5.56 Å². The van der Waals surface area contributed by atoms with Crippen molar-refractivity contribution in [3.05, 3.63) is 100 Å². The van der Waals surface area contributed by atoms with E-state index in [1.807, 2.05) is 68.4 Å². The number of nitrogens with zero attached hydrogens (tertiary/aromatic N) is 2. The molecule has 1 aliphatic heterocycles. The van der Waals surface area contributed by atoms with Gasteiger partial charge in [0.2, 0.25) is 0 Å². The summed E-state index contributed by atoms with van der Waals surface area (Å²) in [5.74, 6) is 2.42. The molecule has 1 N–H and O–H groups in total. The monoisotopic (exact) mass is 547 g/mol. The van der Waals surface area contributed by atoms with Crippen molar-refractivity contribution in [3.63, 3.8) is 0 Å². The molecule has 3 heterocycles. The summed E-state index contributed by atoms with van der Waals surface area (Å²) in [6, 6.07) is 23.8. The summed E-state index contributed by atoms with van der Waals surface area (Å²) in [4.78, 5) is 6.71. The van der Waals surface area contributed by atoms with Gasteiger partial charge < -0.3 is 19.4 Å². The number of halogens is 1. The molecular weight excluding hydrogens is 522 g/mol. The van der Waals surface area contributed by atoms with Gasteiger partial charge in [0.05, 0.1) is 17.8 Å². The van der Waals surface area contributed by atoms with E-state index in [4.69, 9.17) is 21.4 Å². The Bertz CT molecular complexity index is 1340. The van der Waals surface area contributed by atoms with Gasteiger partial charge in [0, 0.05) is 21.9 Å². The molecule has 0 saturated carbocycles. The molecular formula is C28H26BrN3O2S. The van der Waals surface area contributed by atoms with Crippen LogP contribution < -0.4 is 15.0 Å². The Hall–Kier alpha value is -3.16. The fraction of sp³-hybridized carbons (Fsp3) is 0.214. The summed E-state index contributed by atoms with van der Waals surface area (Å²) in [6.45, 7) is 6.10. The van der Waals surface area contributed by atoms with E-state index in [-0.39, 0.29) is 18.2 Å². The number of aromatic nitrogens is 1. The molecule has 0 aliphatic carbocycles. The maximum atomic E-state index is 6.48. The highest BCUT2D eigenvalue weighted by atomic mass is 79.9. The average Bonchev–Trinajstić information content (AvgIpc) is 3.44. The Kier molecular flexibility index (Phi) is 6.62. The number of pyridine rings is 1. The summed E-state index contributed by atoms with van der Waals surface area (Å²) >= 11 is 9.50. The number of benzene rings is 2. The van der Waals surface area contributed by atoms with Crippen molar-refractivity contribution in [1.82, 2.24) is 10.3 Å². The lowest BCUT2D eigenvalue weighted by Gasteiger charge is -2.26. The molecule has 1 saturated heterocycles. The summed E-state index contributed by atoms with van der Waals surface area (Å²) < 4.78 is 13.3. The Balaban J connectivity index is 1.56. The molecule has 0 radical (unpaired) electrons. The number of hydrogen-bond donors (Lipinski definition) is 1. The largest absolute Gasteiger partial charge is 0.491 e. The third-order valence-electron chi connectivity index (χ3n) is 5.89. The normalized spacial score (nSPS) is 17.6. The number of rotatable bonds is 6. The quantitative estimate of drug-likeness (QED) is 0.254. The molecule has 0 unspecified atom stereocenters. The van der Waals surface area contributed by atoms with Crippen molar-refractivity contribution in [2.24, 2.45) is 0 Å². The summed E-state index contributed by atoms with van der Waals surface area (Å²) in [5.41, 5.74) is 4.05. The van der Waals surface area contributed by atoms with Gasteiger partial charge in [-0.1, -0.05) is 28.1 Å². The lowest BCUT2D eigenvalue weighted by Crippen LogP contribution is -2.29. The first-order chi connectivity index (χ1) is 16.9. The first-order valence-electron chi connectivity index (χ1n) is 11.5. The molecule has 178 valence electrons. The average molecular weight is 549 g/mol. The van der Waals surface area contributed by atoms with E-state index < -0.39 is 0 Å². The fourth-order valence-corrected chi connectivity index (χ4v) is 5.39. The Morgan fingerprint density at radius 1 is 1.06 bits per heavy atom. The van der Waals surface area contributed by atoms with Crippen molar-refractivity contribution in [1.29, 1.82) is 0 Å². The van der Waals surface area contributed by atoms with Gasteiger partial charge in [-0.2, -0.15) is 0 Å². The Labute approximate surface area is 219 Å². The molecule has 0 amide bonds. The van der Waals surface area contributed by atoms with Gasteiger partial charge in [-0.05, 0) is 99.2 Å². The molecule has 5 nitrogen and oxygen atoms in total. The number of aryl methyl sites for hydroxylation is 1. The fourth-order valence-electron chi connectivity index (χ4n) is 4.36. The van der Waals surface area contributed by atoms with Crippen LogP contribution in [0.4, 0.5) is 5.69 Å². The SMILES string of the molecule is Cc1ccc(-c2ccc([C@H]3[C@@H](c4ccccn4)NC(=S)N3c3ccc(OC(C)C)cc3)o2)c(Br)c1. The number of ether oxygens (including phenoxy) is 1. The third-order valence-corrected chi connectivity index (χ3v) is 6.86. The molecule has 7 heteroatoms. The van der Waals surface area contributed by atoms with Crippen molar-refractivity contribution in [2.45, 2.75) is 39.0 Å². The predicted molar refractivity (Wildman–Crippen MR) is 147 cm³/mol. The topological polar surface area (TPSA) is 50.5 Å². The Morgan fingerprint density at radius 2 is 1.86 bits per heavy atom. The van der Waals surface area contributed by atoms with Crippen molar-refractivity contribution in [3.8, 4) is 17.1 Å². The van der Waals surface area contributed by atoms with E-state index in [9.17, 15) is 0 Å². The van der Waals surface area contributed by atoms with Crippen LogP contribution in [0.1, 0.15) is 42.9 Å². The molecule has 2 aromatic carbocycles. The van der Waals surface area contributed by atoms with Crippen LogP contribution in [0.5, 0.6) is 5.75 Å². The highest BCUT2D eigenvalue weighted by Crippen LogP contribution is 2.43. The van der Waals surface area contributed by atoms with Crippen LogP contribution in [-0.2, 0) is 0 Å². The first kappa shape index (κ1) is 23.6. The highest BCUT2D eigenvalue weighted by Gasteiger charge is 2.42. The number of nitrogens with one attached hydrogen (secondary N) is 1. The standard InChI is InChI=1S/C28H26BrN3O2S/c1-17(2)33-20-10-8-19(9-11-20)32-27(26(31-28(32)35)23-6-4-5-15-30-23)25-14-13-24(34-25)21-12-7-18(3)16-22(21)29/h4-17,26-27H,1-3H3,(H,31,35)/t26-,27+/m1/s1. The van der Waals surface area contributed by atoms with Crippen LogP contribution in [0, 0.1) is 6.92 Å². The minimum atomic E-state index is -0.216. The van der Waals surface area contributed by atoms with Crippen LogP contribution in [0.25, 0.3) is 11.3 Å². The molecule has 0 spiro atoms. The van der Waals surface area contributed by atoms with Crippen LogP contribution in [0.3, 0.4) is 0 Å². The molecule has 35 heavy (non-hydrogen) atoms. The van der Waals surface area contributed by atoms with Gasteiger partial charge in [0.1, 0.15) is 23.3 Å². The number of thiocarbonyl (C=S) groups is 1. The van der Waals surface area contributed by atoms with Crippen LogP contribution in [-0.4, -0.2) is 16.2 Å². The van der Waals surface area contributed by atoms with Gasteiger partial charge in [-0.15, -0.1) is 0 Å².